The van der Waals surface area contributed by atoms with Crippen LogP contribution in [0.15, 0.2) is 36.4 Å². The van der Waals surface area contributed by atoms with Crippen LogP contribution in [0.4, 0.5) is 8.78 Å². The van der Waals surface area contributed by atoms with Crippen LogP contribution in [-0.2, 0) is 5.54 Å². The van der Waals surface area contributed by atoms with Crippen molar-refractivity contribution in [1.82, 2.24) is 4.67 Å². The summed E-state index contributed by atoms with van der Waals surface area (Å²) in [6, 6.07) is 8.82. The van der Waals surface area contributed by atoms with Crippen LogP contribution in [0.5, 0.6) is 0 Å². The molecule has 0 heterocycles. The summed E-state index contributed by atoms with van der Waals surface area (Å²) < 4.78 is 30.7. The van der Waals surface area contributed by atoms with Gasteiger partial charge in [0.15, 0.2) is 0 Å². The fraction of sp³-hybridized carbons (Fsp3) is 0.250. The first-order valence-electron chi connectivity index (χ1n) is 6.74. The van der Waals surface area contributed by atoms with Gasteiger partial charge < -0.3 is 0 Å². The van der Waals surface area contributed by atoms with Crippen molar-refractivity contribution in [2.75, 3.05) is 6.54 Å². The summed E-state index contributed by atoms with van der Waals surface area (Å²) >= 11 is 11.7. The van der Waals surface area contributed by atoms with E-state index < -0.39 is 17.2 Å². The third-order valence-corrected chi connectivity index (χ3v) is 5.18. The number of hydrogen-bond donors (Lipinski definition) is 0. The lowest BCUT2D eigenvalue weighted by Gasteiger charge is -2.39. The SMILES string of the molecule is CCN(P)C(C)(c1ccc(Cl)cc1F)c1ccc(Cl)cc1F. The minimum atomic E-state index is -1.01. The molecule has 1 nitrogen and oxygen atoms in total. The molecule has 0 aromatic heterocycles. The first-order valence-corrected chi connectivity index (χ1v) is 8.01. The summed E-state index contributed by atoms with van der Waals surface area (Å²) in [4.78, 5) is 0. The van der Waals surface area contributed by atoms with Gasteiger partial charge in [0.25, 0.3) is 0 Å². The van der Waals surface area contributed by atoms with Crippen LogP contribution in [0.2, 0.25) is 10.0 Å². The van der Waals surface area contributed by atoms with Crippen molar-refractivity contribution < 1.29 is 8.78 Å². The Morgan fingerprint density at radius 3 is 1.73 bits per heavy atom. The van der Waals surface area contributed by atoms with Crippen molar-refractivity contribution in [3.05, 3.63) is 69.2 Å². The van der Waals surface area contributed by atoms with E-state index in [0.29, 0.717) is 27.7 Å². The molecule has 0 N–H and O–H groups in total. The van der Waals surface area contributed by atoms with Crippen molar-refractivity contribution >= 4 is 32.6 Å². The molecule has 22 heavy (non-hydrogen) atoms. The second-order valence-electron chi connectivity index (χ2n) is 5.11. The average molecular weight is 362 g/mol. The van der Waals surface area contributed by atoms with Gasteiger partial charge in [0.1, 0.15) is 11.6 Å². The highest BCUT2D eigenvalue weighted by molar-refractivity contribution is 7.13. The Bertz CT molecular complexity index is 642. The van der Waals surface area contributed by atoms with Crippen molar-refractivity contribution in [2.24, 2.45) is 0 Å². The predicted octanol–water partition coefficient (Wildman–Crippen LogP) is 5.65. The van der Waals surface area contributed by atoms with Crippen molar-refractivity contribution in [3.8, 4) is 0 Å². The lowest BCUT2D eigenvalue weighted by molar-refractivity contribution is 0.272. The van der Waals surface area contributed by atoms with Gasteiger partial charge in [0.2, 0.25) is 0 Å². The molecule has 6 heteroatoms. The molecule has 0 aliphatic carbocycles. The molecule has 1 unspecified atom stereocenters. The molecular formula is C16H16Cl2F2NP. The van der Waals surface area contributed by atoms with Crippen LogP contribution >= 0.6 is 32.6 Å². The number of benzene rings is 2. The summed E-state index contributed by atoms with van der Waals surface area (Å²) in [6.07, 6.45) is 0. The molecule has 2 rings (SSSR count). The molecule has 118 valence electrons. The molecule has 2 aromatic carbocycles. The summed E-state index contributed by atoms with van der Waals surface area (Å²) in [5.41, 5.74) is -0.326. The van der Waals surface area contributed by atoms with E-state index in [0.717, 1.165) is 0 Å². The van der Waals surface area contributed by atoms with E-state index >= 15 is 0 Å². The van der Waals surface area contributed by atoms with Gasteiger partial charge in [0, 0.05) is 27.7 Å². The molecule has 2 aromatic rings. The highest BCUT2D eigenvalue weighted by Gasteiger charge is 2.37. The summed E-state index contributed by atoms with van der Waals surface area (Å²) in [6.45, 7) is 4.25. The number of rotatable bonds is 4. The quantitative estimate of drug-likeness (QED) is 0.636. The Labute approximate surface area is 141 Å². The molecule has 0 radical (unpaired) electrons. The van der Waals surface area contributed by atoms with Gasteiger partial charge in [-0.1, -0.05) is 51.6 Å². The highest BCUT2D eigenvalue weighted by Crippen LogP contribution is 2.41. The summed E-state index contributed by atoms with van der Waals surface area (Å²) in [5, 5.41) is 0.596. The Balaban J connectivity index is 2.72. The molecule has 0 amide bonds. The molecule has 1 atom stereocenters. The van der Waals surface area contributed by atoms with E-state index in [9.17, 15) is 8.78 Å². The fourth-order valence-corrected chi connectivity index (χ4v) is 3.14. The number of halogens is 4. The van der Waals surface area contributed by atoms with Gasteiger partial charge >= 0.3 is 0 Å². The maximum atomic E-state index is 14.5. The highest BCUT2D eigenvalue weighted by atomic mass is 35.5. The molecule has 0 fully saturated rings. The van der Waals surface area contributed by atoms with Crippen molar-refractivity contribution in [3.63, 3.8) is 0 Å². The first kappa shape index (κ1) is 17.6. The van der Waals surface area contributed by atoms with Crippen molar-refractivity contribution in [1.29, 1.82) is 0 Å². The normalized spacial score (nSPS) is 12.0. The molecule has 0 saturated carbocycles. The Morgan fingerprint density at radius 2 is 1.41 bits per heavy atom. The average Bonchev–Trinajstić information content (AvgIpc) is 2.45. The van der Waals surface area contributed by atoms with Gasteiger partial charge in [-0.15, -0.1) is 0 Å². The van der Waals surface area contributed by atoms with Crippen LogP contribution in [0.3, 0.4) is 0 Å². The van der Waals surface area contributed by atoms with E-state index in [1.54, 1.807) is 35.9 Å². The topological polar surface area (TPSA) is 3.24 Å². The number of nitrogens with zero attached hydrogens (tertiary/aromatic N) is 1. The standard InChI is InChI=1S/C16H16Cl2F2NP/c1-3-21(22)16(2,12-6-4-10(17)8-14(12)19)13-7-5-11(18)9-15(13)20/h4-9H,3,22H2,1-2H3. The second kappa shape index (κ2) is 6.80. The lowest BCUT2D eigenvalue weighted by atomic mass is 9.83. The largest absolute Gasteiger partial charge is 0.274 e. The second-order valence-corrected chi connectivity index (χ2v) is 6.60. The van der Waals surface area contributed by atoms with Crippen molar-refractivity contribution in [2.45, 2.75) is 19.4 Å². The Kier molecular flexibility index (Phi) is 5.45. The fourth-order valence-electron chi connectivity index (χ4n) is 2.54. The van der Waals surface area contributed by atoms with Crippen LogP contribution in [0.1, 0.15) is 25.0 Å². The smallest absolute Gasteiger partial charge is 0.130 e. The van der Waals surface area contributed by atoms with Crippen LogP contribution in [-0.4, -0.2) is 11.2 Å². The van der Waals surface area contributed by atoms with Gasteiger partial charge in [-0.05, 0) is 31.2 Å². The monoisotopic (exact) mass is 361 g/mol. The molecule has 0 saturated heterocycles. The van der Waals surface area contributed by atoms with Gasteiger partial charge in [-0.2, -0.15) is 0 Å². The zero-order valence-electron chi connectivity index (χ0n) is 12.2. The molecule has 0 bridgehead atoms. The molecule has 0 aliphatic heterocycles. The van der Waals surface area contributed by atoms with Gasteiger partial charge in [0.05, 0.1) is 5.54 Å². The maximum absolute atomic E-state index is 14.5. The maximum Gasteiger partial charge on any atom is 0.130 e. The van der Waals surface area contributed by atoms with Gasteiger partial charge in [-0.25, -0.2) is 8.78 Å². The zero-order valence-corrected chi connectivity index (χ0v) is 14.9. The summed E-state index contributed by atoms with van der Waals surface area (Å²) in [5.74, 6) is -0.962. The van der Waals surface area contributed by atoms with E-state index in [4.69, 9.17) is 23.2 Å². The predicted molar refractivity (Wildman–Crippen MR) is 91.4 cm³/mol. The zero-order chi connectivity index (χ0) is 16.5. The molecular weight excluding hydrogens is 346 g/mol. The van der Waals surface area contributed by atoms with Crippen LogP contribution in [0, 0.1) is 11.6 Å². The minimum Gasteiger partial charge on any atom is -0.274 e. The van der Waals surface area contributed by atoms with Gasteiger partial charge in [-0.3, -0.25) is 4.67 Å². The first-order chi connectivity index (χ1) is 10.3. The third kappa shape index (κ3) is 3.14. The van der Waals surface area contributed by atoms with E-state index in [-0.39, 0.29) is 0 Å². The third-order valence-electron chi connectivity index (χ3n) is 3.83. The van der Waals surface area contributed by atoms with Crippen LogP contribution in [0.25, 0.3) is 0 Å². The van der Waals surface area contributed by atoms with Crippen LogP contribution < -0.4 is 0 Å². The Hall–Kier alpha value is -0.730. The Morgan fingerprint density at radius 1 is 1.00 bits per heavy atom. The lowest BCUT2D eigenvalue weighted by Crippen LogP contribution is -2.40. The van der Waals surface area contributed by atoms with E-state index in [2.05, 4.69) is 9.39 Å². The number of hydrogen-bond acceptors (Lipinski definition) is 1. The summed E-state index contributed by atoms with van der Waals surface area (Å²) in [7, 11) is 2.53. The van der Waals surface area contributed by atoms with E-state index in [1.165, 1.54) is 12.1 Å². The molecule has 0 spiro atoms. The van der Waals surface area contributed by atoms with E-state index in [1.807, 2.05) is 6.92 Å². The molecule has 0 aliphatic rings. The minimum absolute atomic E-state index is 0.298.